The number of nitrogens with two attached hydrogens (primary N) is 1. The van der Waals surface area contributed by atoms with Crippen LogP contribution in [0.15, 0.2) is 42.5 Å². The van der Waals surface area contributed by atoms with Crippen molar-refractivity contribution in [3.8, 4) is 0 Å². The lowest BCUT2D eigenvalue weighted by molar-refractivity contribution is 0.0949. The van der Waals surface area contributed by atoms with Crippen LogP contribution in [0.4, 0.5) is 5.69 Å². The Hall–Kier alpha value is -2.29. The fourth-order valence-electron chi connectivity index (χ4n) is 2.08. The van der Waals surface area contributed by atoms with Gasteiger partial charge in [-0.25, -0.2) is 0 Å². The number of benzene rings is 2. The molecule has 0 saturated heterocycles. The largest absolute Gasteiger partial charge is 0.399 e. The van der Waals surface area contributed by atoms with Gasteiger partial charge in [0.05, 0.1) is 0 Å². The number of hydrogen-bond acceptors (Lipinski definition) is 2. The summed E-state index contributed by atoms with van der Waals surface area (Å²) in [7, 11) is 0. The minimum absolute atomic E-state index is 0.0348. The predicted molar refractivity (Wildman–Crippen MR) is 77.9 cm³/mol. The molecule has 0 bridgehead atoms. The SMILES string of the molecule is Cc1cccc(C)c1C(=O)NCc1ccc(N)cc1. The minimum Gasteiger partial charge on any atom is -0.399 e. The predicted octanol–water partition coefficient (Wildman–Crippen LogP) is 2.82. The van der Waals surface area contributed by atoms with Gasteiger partial charge in [0.1, 0.15) is 0 Å². The Morgan fingerprint density at radius 1 is 1.05 bits per heavy atom. The third kappa shape index (κ3) is 3.13. The van der Waals surface area contributed by atoms with E-state index in [1.54, 1.807) is 0 Å². The highest BCUT2D eigenvalue weighted by Gasteiger charge is 2.10. The van der Waals surface area contributed by atoms with Crippen molar-refractivity contribution >= 4 is 11.6 Å². The molecular formula is C16H18N2O. The zero-order valence-corrected chi connectivity index (χ0v) is 11.2. The molecule has 0 unspecified atom stereocenters. The highest BCUT2D eigenvalue weighted by Crippen LogP contribution is 2.13. The molecule has 98 valence electrons. The number of anilines is 1. The molecule has 1 amide bonds. The van der Waals surface area contributed by atoms with Gasteiger partial charge in [-0.05, 0) is 42.7 Å². The molecule has 0 saturated carbocycles. The van der Waals surface area contributed by atoms with E-state index in [0.29, 0.717) is 6.54 Å². The lowest BCUT2D eigenvalue weighted by Gasteiger charge is -2.10. The molecule has 0 aromatic heterocycles. The number of rotatable bonds is 3. The van der Waals surface area contributed by atoms with Crippen LogP contribution in [0.25, 0.3) is 0 Å². The van der Waals surface area contributed by atoms with Crippen molar-refractivity contribution in [1.29, 1.82) is 0 Å². The molecule has 3 heteroatoms. The summed E-state index contributed by atoms with van der Waals surface area (Å²) < 4.78 is 0. The van der Waals surface area contributed by atoms with Crippen LogP contribution in [0, 0.1) is 13.8 Å². The zero-order valence-electron chi connectivity index (χ0n) is 11.2. The molecule has 2 rings (SSSR count). The summed E-state index contributed by atoms with van der Waals surface area (Å²) in [6.07, 6.45) is 0. The van der Waals surface area contributed by atoms with Crippen molar-refractivity contribution in [2.45, 2.75) is 20.4 Å². The number of amides is 1. The maximum atomic E-state index is 12.2. The summed E-state index contributed by atoms with van der Waals surface area (Å²) in [4.78, 5) is 12.2. The van der Waals surface area contributed by atoms with Crippen LogP contribution in [0.1, 0.15) is 27.0 Å². The number of nitrogen functional groups attached to an aromatic ring is 1. The lowest BCUT2D eigenvalue weighted by atomic mass is 10.0. The first-order valence-electron chi connectivity index (χ1n) is 6.27. The molecule has 3 nitrogen and oxygen atoms in total. The summed E-state index contributed by atoms with van der Waals surface area (Å²) in [6.45, 7) is 4.41. The molecule has 0 spiro atoms. The van der Waals surface area contributed by atoms with Gasteiger partial charge >= 0.3 is 0 Å². The molecule has 0 aliphatic rings. The van der Waals surface area contributed by atoms with E-state index in [9.17, 15) is 4.79 Å². The number of carbonyl (C=O) groups is 1. The highest BCUT2D eigenvalue weighted by atomic mass is 16.1. The summed E-state index contributed by atoms with van der Waals surface area (Å²) in [5.74, 6) is -0.0348. The molecule has 0 fully saturated rings. The number of hydrogen-bond donors (Lipinski definition) is 2. The second-order valence-electron chi connectivity index (χ2n) is 4.69. The number of aryl methyl sites for hydroxylation is 2. The quantitative estimate of drug-likeness (QED) is 0.827. The van der Waals surface area contributed by atoms with Crippen LogP contribution in [-0.4, -0.2) is 5.91 Å². The van der Waals surface area contributed by atoms with Gasteiger partial charge in [-0.2, -0.15) is 0 Å². The molecule has 2 aromatic carbocycles. The Bertz CT molecular complexity index is 568. The topological polar surface area (TPSA) is 55.1 Å². The smallest absolute Gasteiger partial charge is 0.252 e. The van der Waals surface area contributed by atoms with Crippen LogP contribution in [0.5, 0.6) is 0 Å². The molecule has 0 aliphatic carbocycles. The summed E-state index contributed by atoms with van der Waals surface area (Å²) >= 11 is 0. The first-order chi connectivity index (χ1) is 9.08. The molecule has 19 heavy (non-hydrogen) atoms. The van der Waals surface area contributed by atoms with Crippen LogP contribution < -0.4 is 11.1 Å². The minimum atomic E-state index is -0.0348. The van der Waals surface area contributed by atoms with Gasteiger partial charge in [0, 0.05) is 17.8 Å². The van der Waals surface area contributed by atoms with Gasteiger partial charge < -0.3 is 11.1 Å². The first-order valence-corrected chi connectivity index (χ1v) is 6.27. The van der Waals surface area contributed by atoms with E-state index in [-0.39, 0.29) is 5.91 Å². The van der Waals surface area contributed by atoms with E-state index in [1.165, 1.54) is 0 Å². The normalized spacial score (nSPS) is 10.2. The van der Waals surface area contributed by atoms with Crippen molar-refractivity contribution in [2.24, 2.45) is 0 Å². The molecule has 3 N–H and O–H groups in total. The van der Waals surface area contributed by atoms with Gasteiger partial charge in [-0.15, -0.1) is 0 Å². The summed E-state index contributed by atoms with van der Waals surface area (Å²) in [5.41, 5.74) is 10.1. The Morgan fingerprint density at radius 2 is 1.63 bits per heavy atom. The average molecular weight is 254 g/mol. The molecular weight excluding hydrogens is 236 g/mol. The lowest BCUT2D eigenvalue weighted by Crippen LogP contribution is -2.24. The third-order valence-electron chi connectivity index (χ3n) is 3.14. The highest BCUT2D eigenvalue weighted by molar-refractivity contribution is 5.97. The van der Waals surface area contributed by atoms with Crippen molar-refractivity contribution in [3.63, 3.8) is 0 Å². The van der Waals surface area contributed by atoms with Gasteiger partial charge in [0.25, 0.3) is 5.91 Å². The second kappa shape index (κ2) is 5.57. The van der Waals surface area contributed by atoms with Crippen molar-refractivity contribution < 1.29 is 4.79 Å². The Labute approximate surface area is 113 Å². The summed E-state index contributed by atoms with van der Waals surface area (Å²) in [6, 6.07) is 13.4. The summed E-state index contributed by atoms with van der Waals surface area (Å²) in [5, 5.41) is 2.94. The van der Waals surface area contributed by atoms with E-state index in [2.05, 4.69) is 5.32 Å². The van der Waals surface area contributed by atoms with E-state index >= 15 is 0 Å². The maximum Gasteiger partial charge on any atom is 0.252 e. The van der Waals surface area contributed by atoms with E-state index < -0.39 is 0 Å². The fourth-order valence-corrected chi connectivity index (χ4v) is 2.08. The van der Waals surface area contributed by atoms with Gasteiger partial charge in [0.15, 0.2) is 0 Å². The molecule has 0 aliphatic heterocycles. The fraction of sp³-hybridized carbons (Fsp3) is 0.188. The van der Waals surface area contributed by atoms with Crippen LogP contribution in [0.3, 0.4) is 0 Å². The van der Waals surface area contributed by atoms with Gasteiger partial charge in [-0.1, -0.05) is 30.3 Å². The second-order valence-corrected chi connectivity index (χ2v) is 4.69. The van der Waals surface area contributed by atoms with Crippen molar-refractivity contribution in [1.82, 2.24) is 5.32 Å². The third-order valence-corrected chi connectivity index (χ3v) is 3.14. The molecule has 0 heterocycles. The van der Waals surface area contributed by atoms with E-state index in [0.717, 1.165) is 27.9 Å². The first kappa shape index (κ1) is 13.1. The van der Waals surface area contributed by atoms with Gasteiger partial charge in [0.2, 0.25) is 0 Å². The molecule has 2 aromatic rings. The molecule has 0 radical (unpaired) electrons. The van der Waals surface area contributed by atoms with E-state index in [1.807, 2.05) is 56.3 Å². The molecule has 0 atom stereocenters. The Morgan fingerprint density at radius 3 is 2.21 bits per heavy atom. The van der Waals surface area contributed by atoms with Gasteiger partial charge in [-0.3, -0.25) is 4.79 Å². The van der Waals surface area contributed by atoms with Crippen molar-refractivity contribution in [3.05, 3.63) is 64.7 Å². The average Bonchev–Trinajstić information content (AvgIpc) is 2.38. The monoisotopic (exact) mass is 254 g/mol. The van der Waals surface area contributed by atoms with Crippen LogP contribution >= 0.6 is 0 Å². The van der Waals surface area contributed by atoms with Crippen LogP contribution in [0.2, 0.25) is 0 Å². The zero-order chi connectivity index (χ0) is 13.8. The number of nitrogens with one attached hydrogen (secondary N) is 1. The van der Waals surface area contributed by atoms with Crippen molar-refractivity contribution in [2.75, 3.05) is 5.73 Å². The maximum absolute atomic E-state index is 12.2. The Kier molecular flexibility index (Phi) is 3.85. The standard InChI is InChI=1S/C16H18N2O/c1-11-4-3-5-12(2)15(11)16(19)18-10-13-6-8-14(17)9-7-13/h3-9H,10,17H2,1-2H3,(H,18,19). The van der Waals surface area contributed by atoms with Crippen LogP contribution in [-0.2, 0) is 6.54 Å². The number of carbonyl (C=O) groups excluding carboxylic acids is 1. The Balaban J connectivity index is 2.07. The van der Waals surface area contributed by atoms with E-state index in [4.69, 9.17) is 5.73 Å².